The molecule has 1 saturated heterocycles. The minimum Gasteiger partial charge on any atom is -0.496 e. The van der Waals surface area contributed by atoms with Crippen LogP contribution in [-0.4, -0.2) is 73.6 Å². The van der Waals surface area contributed by atoms with E-state index in [2.05, 4.69) is 33.9 Å². The summed E-state index contributed by atoms with van der Waals surface area (Å²) >= 11 is 13.9. The monoisotopic (exact) mass is 828 g/mol. The smallest absolute Gasteiger partial charge is 0.309 e. The van der Waals surface area contributed by atoms with Crippen LogP contribution in [0.25, 0.3) is 23.0 Å². The number of pyridine rings is 1. The zero-order valence-corrected chi connectivity index (χ0v) is 35.1. The Hall–Kier alpha value is -4.29. The number of ether oxygens (including phenoxy) is 1. The first kappa shape index (κ1) is 40.5. The van der Waals surface area contributed by atoms with Gasteiger partial charge < -0.3 is 19.7 Å². The van der Waals surface area contributed by atoms with Gasteiger partial charge in [-0.1, -0.05) is 53.5 Å². The molecule has 2 saturated carbocycles. The summed E-state index contributed by atoms with van der Waals surface area (Å²) in [4.78, 5) is 39.7. The molecule has 4 aromatic rings. The predicted octanol–water partition coefficient (Wildman–Crippen LogP) is 9.68. The number of benzene rings is 2. The van der Waals surface area contributed by atoms with E-state index in [-0.39, 0.29) is 27.6 Å². The number of carbonyl (C=O) groups excluding carboxylic acids is 1. The molecule has 0 spiro atoms. The van der Waals surface area contributed by atoms with Crippen LogP contribution in [0.15, 0.2) is 48.7 Å². The van der Waals surface area contributed by atoms with Gasteiger partial charge in [-0.3, -0.25) is 24.4 Å². The van der Waals surface area contributed by atoms with Crippen LogP contribution in [0.3, 0.4) is 0 Å². The minimum absolute atomic E-state index is 0.0835. The molecule has 4 heterocycles. The normalized spacial score (nSPS) is 23.0. The summed E-state index contributed by atoms with van der Waals surface area (Å²) in [6.45, 7) is 8.52. The average Bonchev–Trinajstić information content (AvgIpc) is 3.97. The molecule has 58 heavy (non-hydrogen) atoms. The first-order chi connectivity index (χ1) is 27.7. The van der Waals surface area contributed by atoms with Crippen molar-refractivity contribution in [1.82, 2.24) is 24.3 Å². The molecule has 2 bridgehead atoms. The topological polar surface area (TPSA) is 113 Å². The third kappa shape index (κ3) is 7.55. The van der Waals surface area contributed by atoms with Gasteiger partial charge >= 0.3 is 5.97 Å². The number of aliphatic carboxylic acids is 1. The van der Waals surface area contributed by atoms with E-state index in [4.69, 9.17) is 32.9 Å². The Bertz CT molecular complexity index is 2300. The van der Waals surface area contributed by atoms with Crippen LogP contribution in [0.2, 0.25) is 10.0 Å². The third-order valence-electron chi connectivity index (χ3n) is 13.6. The molecule has 8 rings (SSSR count). The lowest BCUT2D eigenvalue weighted by atomic mass is 9.80. The quantitative estimate of drug-likeness (QED) is 0.145. The molecule has 2 aromatic heterocycles. The Kier molecular flexibility index (Phi) is 11.0. The van der Waals surface area contributed by atoms with E-state index in [1.807, 2.05) is 17.7 Å². The number of nitrogens with one attached hydrogen (secondary N) is 1. The second-order valence-corrected chi connectivity index (χ2v) is 18.2. The van der Waals surface area contributed by atoms with Gasteiger partial charge in [0.25, 0.3) is 5.91 Å². The van der Waals surface area contributed by atoms with Crippen LogP contribution < -0.4 is 10.1 Å². The molecule has 0 unspecified atom stereocenters. The highest BCUT2D eigenvalue weighted by atomic mass is 35.5. The maximum Gasteiger partial charge on any atom is 0.309 e. The van der Waals surface area contributed by atoms with Crippen molar-refractivity contribution in [2.75, 3.05) is 32.1 Å². The van der Waals surface area contributed by atoms with Crippen LogP contribution in [-0.2, 0) is 31.4 Å². The number of anilines is 1. The van der Waals surface area contributed by atoms with Gasteiger partial charge in [0.2, 0.25) is 0 Å². The highest BCUT2D eigenvalue weighted by Gasteiger charge is 2.57. The number of carboxylic acids is 1. The van der Waals surface area contributed by atoms with Crippen molar-refractivity contribution in [1.29, 1.82) is 0 Å². The molecule has 10 nitrogen and oxygen atoms in total. The zero-order valence-electron chi connectivity index (χ0n) is 33.6. The van der Waals surface area contributed by atoms with Gasteiger partial charge in [-0.15, -0.1) is 0 Å². The van der Waals surface area contributed by atoms with Crippen molar-refractivity contribution < 1.29 is 23.8 Å². The van der Waals surface area contributed by atoms with Gasteiger partial charge in [-0.05, 0) is 101 Å². The summed E-state index contributed by atoms with van der Waals surface area (Å²) in [5.41, 5.74) is 4.65. The molecule has 2 N–H and O–H groups in total. The number of hydrogen-bond acceptors (Lipinski definition) is 7. The van der Waals surface area contributed by atoms with Crippen molar-refractivity contribution in [3.05, 3.63) is 92.7 Å². The highest BCUT2D eigenvalue weighted by Crippen LogP contribution is 2.63. The van der Waals surface area contributed by atoms with E-state index in [9.17, 15) is 14.7 Å². The first-order valence-electron chi connectivity index (χ1n) is 20.3. The molecular weight excluding hydrogens is 778 g/mol. The third-order valence-corrected chi connectivity index (χ3v) is 14.5. The summed E-state index contributed by atoms with van der Waals surface area (Å²) in [7, 11) is 3.45. The molecule has 1 amide bonds. The van der Waals surface area contributed by atoms with Crippen molar-refractivity contribution in [2.45, 2.75) is 90.3 Å². The van der Waals surface area contributed by atoms with Gasteiger partial charge in [0, 0.05) is 73.3 Å². The second kappa shape index (κ2) is 15.7. The number of halogens is 3. The fourth-order valence-corrected chi connectivity index (χ4v) is 10.5. The number of likely N-dealkylation sites (tertiary alicyclic amines) is 1. The Morgan fingerprint density at radius 2 is 1.78 bits per heavy atom. The van der Waals surface area contributed by atoms with Crippen LogP contribution in [0.1, 0.15) is 104 Å². The highest BCUT2D eigenvalue weighted by molar-refractivity contribution is 6.39. The first-order valence-corrected chi connectivity index (χ1v) is 21.0. The largest absolute Gasteiger partial charge is 0.496 e. The Balaban J connectivity index is 0.953. The van der Waals surface area contributed by atoms with Crippen LogP contribution in [0.5, 0.6) is 5.75 Å². The van der Waals surface area contributed by atoms with Gasteiger partial charge in [0.15, 0.2) is 5.82 Å². The van der Waals surface area contributed by atoms with Gasteiger partial charge in [0.05, 0.1) is 34.0 Å². The summed E-state index contributed by atoms with van der Waals surface area (Å²) in [6, 6.07) is 12.3. The van der Waals surface area contributed by atoms with Crippen molar-refractivity contribution >= 4 is 52.7 Å². The summed E-state index contributed by atoms with van der Waals surface area (Å²) < 4.78 is 23.4. The van der Waals surface area contributed by atoms with Gasteiger partial charge in [-0.2, -0.15) is 0 Å². The molecule has 2 aliphatic heterocycles. The van der Waals surface area contributed by atoms with Crippen LogP contribution in [0.4, 0.5) is 10.1 Å². The molecule has 4 aliphatic rings. The molecule has 2 aliphatic carbocycles. The lowest BCUT2D eigenvalue weighted by Crippen LogP contribution is -2.37. The number of nitrogens with zero attached hydrogens (tertiary/aromatic N) is 5. The maximum absolute atomic E-state index is 15.8. The van der Waals surface area contributed by atoms with E-state index in [1.165, 1.54) is 6.08 Å². The molecule has 306 valence electrons. The molecule has 0 atom stereocenters. The fraction of sp³-hybridized carbons (Fsp3) is 0.467. The molecule has 0 radical (unpaired) electrons. The van der Waals surface area contributed by atoms with E-state index in [1.54, 1.807) is 49.7 Å². The Morgan fingerprint density at radius 3 is 2.47 bits per heavy atom. The molecule has 13 heteroatoms. The number of carbonyl (C=O) groups is 2. The van der Waals surface area contributed by atoms with Crippen molar-refractivity contribution in [3.8, 4) is 16.9 Å². The van der Waals surface area contributed by atoms with Crippen LogP contribution in [0, 0.1) is 10.8 Å². The number of methoxy groups -OCH3 is 1. The molecular formula is C45H51Cl2FN6O4. The summed E-state index contributed by atoms with van der Waals surface area (Å²) in [5, 5.41) is 13.4. The van der Waals surface area contributed by atoms with Gasteiger partial charge in [-0.25, -0.2) is 9.37 Å². The standard InChI is InChI=1S/C45H51Cl2FN6O4/c1-43(2)13-7-19-54(43)25-29-24-49-34(23-37(29)58-4)32(48)22-28-8-5-9-30(38(28)46)31-10-6-11-33(39(31)47)51-41(55)40-50-35-26-53(20-12-36(35)52(40)3)21-18-44-14-16-45(27-44,17-15-44)42(56)57/h5-6,8-11,22-24H,7,12-21,25-27H2,1-4H3,(H,51,55)(H,56,57)/b32-22-. The van der Waals surface area contributed by atoms with E-state index in [0.29, 0.717) is 52.1 Å². The SMILES string of the molecule is COc1cc(/C(F)=C/c2cccc(-c3cccc(NC(=O)c4nc5c(n4C)CCN(CCC46CCC(C(=O)O)(CC4)C6)C5)c3Cl)c2Cl)ncc1CN1CCCC1(C)C. The number of imidazole rings is 1. The van der Waals surface area contributed by atoms with E-state index >= 15 is 4.39 Å². The predicted molar refractivity (Wildman–Crippen MR) is 226 cm³/mol. The van der Waals surface area contributed by atoms with E-state index in [0.717, 1.165) is 94.4 Å². The number of fused-ring (bicyclic) bond motifs is 3. The van der Waals surface area contributed by atoms with Crippen LogP contribution >= 0.6 is 23.2 Å². The molecule has 2 aromatic carbocycles. The van der Waals surface area contributed by atoms with E-state index < -0.39 is 17.2 Å². The minimum atomic E-state index is -0.631. The number of hydrogen-bond donors (Lipinski definition) is 2. The average molecular weight is 830 g/mol. The zero-order chi connectivity index (χ0) is 41.0. The number of amides is 1. The molecule has 3 fully saturated rings. The summed E-state index contributed by atoms with van der Waals surface area (Å²) in [5.74, 6) is -0.704. The lowest BCUT2D eigenvalue weighted by Gasteiger charge is -2.32. The van der Waals surface area contributed by atoms with Gasteiger partial charge in [0.1, 0.15) is 17.3 Å². The second-order valence-electron chi connectivity index (χ2n) is 17.5. The lowest BCUT2D eigenvalue weighted by molar-refractivity contribution is -0.148. The Morgan fingerprint density at radius 1 is 1.03 bits per heavy atom. The Labute approximate surface area is 349 Å². The number of carboxylic acid groups (broad SMARTS) is 1. The maximum atomic E-state index is 15.8. The fourth-order valence-electron chi connectivity index (χ4n) is 9.99. The van der Waals surface area contributed by atoms with Crippen molar-refractivity contribution in [2.24, 2.45) is 17.9 Å². The summed E-state index contributed by atoms with van der Waals surface area (Å²) in [6.07, 6.45) is 11.4. The number of aromatic nitrogens is 3. The number of rotatable bonds is 12. The van der Waals surface area contributed by atoms with Crippen molar-refractivity contribution in [3.63, 3.8) is 0 Å².